The Balaban J connectivity index is 1.50. The number of piperidine rings is 1. The van der Waals surface area contributed by atoms with Gasteiger partial charge in [-0.15, -0.1) is 0 Å². The zero-order chi connectivity index (χ0) is 18.9. The molecule has 0 radical (unpaired) electrons. The van der Waals surface area contributed by atoms with E-state index in [0.29, 0.717) is 55.1 Å². The SMILES string of the molecule is COc1ccc2c(c1)C(=O)NCC1(CCN(C(=O)c3ccncc3)CC1)O2. The maximum absolute atomic E-state index is 12.6. The zero-order valence-electron chi connectivity index (χ0n) is 15.1. The number of ether oxygens (including phenoxy) is 2. The van der Waals surface area contributed by atoms with Crippen molar-refractivity contribution in [1.29, 1.82) is 0 Å². The maximum atomic E-state index is 12.6. The molecule has 2 aromatic rings. The normalized spacial score (nSPS) is 18.1. The highest BCUT2D eigenvalue weighted by atomic mass is 16.5. The second kappa shape index (κ2) is 6.90. The second-order valence-corrected chi connectivity index (χ2v) is 6.86. The van der Waals surface area contributed by atoms with E-state index in [4.69, 9.17) is 9.47 Å². The van der Waals surface area contributed by atoms with Crippen LogP contribution in [0.5, 0.6) is 11.5 Å². The molecule has 4 rings (SSSR count). The lowest BCUT2D eigenvalue weighted by molar-refractivity contribution is 0.00769. The number of methoxy groups -OCH3 is 1. The van der Waals surface area contributed by atoms with Crippen LogP contribution in [0.25, 0.3) is 0 Å². The predicted octanol–water partition coefficient (Wildman–Crippen LogP) is 1.89. The van der Waals surface area contributed by atoms with Crippen LogP contribution in [-0.4, -0.2) is 54.0 Å². The third-order valence-electron chi connectivity index (χ3n) is 5.22. The molecule has 2 aliphatic heterocycles. The van der Waals surface area contributed by atoms with Crippen molar-refractivity contribution in [3.63, 3.8) is 0 Å². The highest BCUT2D eigenvalue weighted by Crippen LogP contribution is 2.34. The van der Waals surface area contributed by atoms with Gasteiger partial charge in [-0.3, -0.25) is 14.6 Å². The third kappa shape index (κ3) is 3.32. The fourth-order valence-electron chi connectivity index (χ4n) is 3.58. The number of rotatable bonds is 2. The maximum Gasteiger partial charge on any atom is 0.255 e. The molecule has 7 heteroatoms. The molecular formula is C20H21N3O4. The van der Waals surface area contributed by atoms with Gasteiger partial charge in [0.25, 0.3) is 11.8 Å². The van der Waals surface area contributed by atoms with E-state index in [1.807, 2.05) is 4.90 Å². The number of carbonyl (C=O) groups is 2. The second-order valence-electron chi connectivity index (χ2n) is 6.86. The number of nitrogens with zero attached hydrogens (tertiary/aromatic N) is 2. The van der Waals surface area contributed by atoms with Gasteiger partial charge >= 0.3 is 0 Å². The van der Waals surface area contributed by atoms with Crippen molar-refractivity contribution in [1.82, 2.24) is 15.2 Å². The lowest BCUT2D eigenvalue weighted by Gasteiger charge is -2.41. The molecule has 0 aliphatic carbocycles. The minimum Gasteiger partial charge on any atom is -0.497 e. The average Bonchev–Trinajstić information content (AvgIpc) is 2.85. The molecule has 140 valence electrons. The van der Waals surface area contributed by atoms with Crippen LogP contribution in [0.15, 0.2) is 42.7 Å². The molecule has 1 N–H and O–H groups in total. The van der Waals surface area contributed by atoms with Crippen molar-refractivity contribution < 1.29 is 19.1 Å². The van der Waals surface area contributed by atoms with Crippen LogP contribution in [0.1, 0.15) is 33.6 Å². The minimum absolute atomic E-state index is 0.00459. The van der Waals surface area contributed by atoms with Gasteiger partial charge in [0.2, 0.25) is 0 Å². The van der Waals surface area contributed by atoms with Gasteiger partial charge in [0.1, 0.15) is 17.1 Å². The highest BCUT2D eigenvalue weighted by Gasteiger charge is 2.41. The standard InChI is InChI=1S/C20H21N3O4/c1-26-15-2-3-17-16(12-15)18(24)22-13-20(27-17)6-10-23(11-7-20)19(25)14-4-8-21-9-5-14/h2-5,8-9,12H,6-7,10-11,13H2,1H3,(H,22,24). The van der Waals surface area contributed by atoms with Crippen LogP contribution in [0.4, 0.5) is 0 Å². The summed E-state index contributed by atoms with van der Waals surface area (Å²) in [6.07, 6.45) is 4.53. The van der Waals surface area contributed by atoms with Gasteiger partial charge in [-0.25, -0.2) is 0 Å². The van der Waals surface area contributed by atoms with Crippen molar-refractivity contribution in [2.45, 2.75) is 18.4 Å². The molecule has 0 bridgehead atoms. The van der Waals surface area contributed by atoms with Gasteiger partial charge in [-0.2, -0.15) is 0 Å². The van der Waals surface area contributed by atoms with Gasteiger partial charge < -0.3 is 19.7 Å². The third-order valence-corrected chi connectivity index (χ3v) is 5.22. The summed E-state index contributed by atoms with van der Waals surface area (Å²) in [5, 5.41) is 2.96. The average molecular weight is 367 g/mol. The summed E-state index contributed by atoms with van der Waals surface area (Å²) in [6.45, 7) is 1.56. The van der Waals surface area contributed by atoms with E-state index in [1.54, 1.807) is 49.8 Å². The Morgan fingerprint density at radius 3 is 2.67 bits per heavy atom. The van der Waals surface area contributed by atoms with Crippen molar-refractivity contribution in [3.8, 4) is 11.5 Å². The number of benzene rings is 1. The monoisotopic (exact) mass is 367 g/mol. The Bertz CT molecular complexity index is 861. The molecule has 27 heavy (non-hydrogen) atoms. The van der Waals surface area contributed by atoms with Gasteiger partial charge in [0.15, 0.2) is 0 Å². The van der Waals surface area contributed by atoms with Crippen molar-refractivity contribution >= 4 is 11.8 Å². The first-order valence-electron chi connectivity index (χ1n) is 8.95. The molecule has 0 atom stereocenters. The fourth-order valence-corrected chi connectivity index (χ4v) is 3.58. The van der Waals surface area contributed by atoms with Crippen molar-refractivity contribution in [2.75, 3.05) is 26.7 Å². The zero-order valence-corrected chi connectivity index (χ0v) is 15.1. The van der Waals surface area contributed by atoms with Gasteiger partial charge in [0, 0.05) is 43.9 Å². The van der Waals surface area contributed by atoms with E-state index in [-0.39, 0.29) is 11.8 Å². The lowest BCUT2D eigenvalue weighted by Crippen LogP contribution is -2.54. The summed E-state index contributed by atoms with van der Waals surface area (Å²) >= 11 is 0. The van der Waals surface area contributed by atoms with E-state index < -0.39 is 5.60 Å². The largest absolute Gasteiger partial charge is 0.497 e. The van der Waals surface area contributed by atoms with E-state index in [0.717, 1.165) is 0 Å². The molecule has 1 aromatic carbocycles. The number of amides is 2. The molecule has 0 saturated carbocycles. The van der Waals surface area contributed by atoms with Gasteiger partial charge in [-0.1, -0.05) is 0 Å². The number of hydrogen-bond donors (Lipinski definition) is 1. The van der Waals surface area contributed by atoms with Crippen LogP contribution < -0.4 is 14.8 Å². The number of hydrogen-bond acceptors (Lipinski definition) is 5. The smallest absolute Gasteiger partial charge is 0.255 e. The van der Waals surface area contributed by atoms with Gasteiger partial charge in [0.05, 0.1) is 19.2 Å². The van der Waals surface area contributed by atoms with Crippen LogP contribution in [0.2, 0.25) is 0 Å². The van der Waals surface area contributed by atoms with E-state index in [2.05, 4.69) is 10.3 Å². The van der Waals surface area contributed by atoms with E-state index in [9.17, 15) is 9.59 Å². The molecule has 1 spiro atoms. The summed E-state index contributed by atoms with van der Waals surface area (Å²) in [6, 6.07) is 8.69. The lowest BCUT2D eigenvalue weighted by atomic mass is 9.90. The Morgan fingerprint density at radius 2 is 1.96 bits per heavy atom. The molecule has 2 amide bonds. The van der Waals surface area contributed by atoms with Crippen LogP contribution in [0.3, 0.4) is 0 Å². The Kier molecular flexibility index (Phi) is 4.43. The summed E-state index contributed by atoms with van der Waals surface area (Å²) in [5.74, 6) is 0.993. The first kappa shape index (κ1) is 17.3. The highest BCUT2D eigenvalue weighted by molar-refractivity contribution is 5.98. The quantitative estimate of drug-likeness (QED) is 0.877. The van der Waals surface area contributed by atoms with Gasteiger partial charge in [-0.05, 0) is 30.3 Å². The van der Waals surface area contributed by atoms with Crippen molar-refractivity contribution in [3.05, 3.63) is 53.9 Å². The number of fused-ring (bicyclic) bond motifs is 1. The minimum atomic E-state index is -0.509. The number of nitrogens with one attached hydrogen (secondary N) is 1. The molecule has 7 nitrogen and oxygen atoms in total. The first-order chi connectivity index (χ1) is 13.1. The fraction of sp³-hybridized carbons (Fsp3) is 0.350. The summed E-state index contributed by atoms with van der Waals surface area (Å²) < 4.78 is 11.5. The van der Waals surface area contributed by atoms with Crippen LogP contribution in [0, 0.1) is 0 Å². The molecule has 1 saturated heterocycles. The molecule has 1 aromatic heterocycles. The topological polar surface area (TPSA) is 80.8 Å². The first-order valence-corrected chi connectivity index (χ1v) is 8.95. The molecule has 3 heterocycles. The number of carbonyl (C=O) groups excluding carboxylic acids is 2. The summed E-state index contributed by atoms with van der Waals surface area (Å²) in [4.78, 5) is 30.9. The Labute approximate surface area is 157 Å². The predicted molar refractivity (Wildman–Crippen MR) is 98.1 cm³/mol. The van der Waals surface area contributed by atoms with Crippen LogP contribution in [-0.2, 0) is 0 Å². The Morgan fingerprint density at radius 1 is 1.22 bits per heavy atom. The number of aromatic nitrogens is 1. The molecule has 2 aliphatic rings. The van der Waals surface area contributed by atoms with Crippen LogP contribution >= 0.6 is 0 Å². The van der Waals surface area contributed by atoms with E-state index >= 15 is 0 Å². The number of likely N-dealkylation sites (tertiary alicyclic amines) is 1. The molecular weight excluding hydrogens is 346 g/mol. The molecule has 1 fully saturated rings. The summed E-state index contributed by atoms with van der Waals surface area (Å²) in [7, 11) is 1.56. The molecule has 0 unspecified atom stereocenters. The Hall–Kier alpha value is -3.09. The van der Waals surface area contributed by atoms with Crippen molar-refractivity contribution in [2.24, 2.45) is 0 Å². The number of pyridine rings is 1. The van der Waals surface area contributed by atoms with E-state index in [1.165, 1.54) is 0 Å². The summed E-state index contributed by atoms with van der Waals surface area (Å²) in [5.41, 5.74) is 0.597.